The first-order chi connectivity index (χ1) is 12.1. The normalized spacial score (nSPS) is 16.0. The maximum absolute atomic E-state index is 12.2. The molecule has 0 bridgehead atoms. The number of nitrogens with one attached hydrogen (secondary N) is 2. The van der Waals surface area contributed by atoms with E-state index < -0.39 is 6.09 Å². The van der Waals surface area contributed by atoms with Crippen molar-refractivity contribution in [2.45, 2.75) is 51.2 Å². The molecular weight excluding hydrogens is 320 g/mol. The molecule has 1 aromatic carbocycles. The van der Waals surface area contributed by atoms with Crippen molar-refractivity contribution in [1.29, 1.82) is 0 Å². The van der Waals surface area contributed by atoms with Crippen molar-refractivity contribution in [1.82, 2.24) is 10.6 Å². The highest BCUT2D eigenvalue weighted by molar-refractivity contribution is 5.71. The number of carbonyl (C=O) groups excluding carboxylic acids is 2. The van der Waals surface area contributed by atoms with Gasteiger partial charge in [0.25, 0.3) is 0 Å². The number of alkyl carbamates (subject to hydrolysis) is 1. The van der Waals surface area contributed by atoms with E-state index in [9.17, 15) is 9.59 Å². The van der Waals surface area contributed by atoms with Crippen LogP contribution in [-0.4, -0.2) is 37.3 Å². The molecule has 138 valence electrons. The van der Waals surface area contributed by atoms with E-state index in [2.05, 4.69) is 10.6 Å². The van der Waals surface area contributed by atoms with Gasteiger partial charge in [0.15, 0.2) is 0 Å². The summed E-state index contributed by atoms with van der Waals surface area (Å²) in [5.41, 5.74) is 0.592. The van der Waals surface area contributed by atoms with E-state index in [1.54, 1.807) is 6.92 Å². The predicted molar refractivity (Wildman–Crippen MR) is 95.1 cm³/mol. The first kappa shape index (κ1) is 19.2. The van der Waals surface area contributed by atoms with E-state index in [0.29, 0.717) is 13.2 Å². The Kier molecular flexibility index (Phi) is 7.73. The van der Waals surface area contributed by atoms with Gasteiger partial charge >= 0.3 is 12.1 Å². The highest BCUT2D eigenvalue weighted by atomic mass is 16.5. The molecule has 6 nitrogen and oxygen atoms in total. The second kappa shape index (κ2) is 10.0. The molecule has 2 N–H and O–H groups in total. The Bertz CT molecular complexity index is 542. The van der Waals surface area contributed by atoms with Gasteiger partial charge in [-0.25, -0.2) is 4.79 Å². The van der Waals surface area contributed by atoms with Gasteiger partial charge < -0.3 is 20.1 Å². The molecule has 1 aliphatic carbocycles. The summed E-state index contributed by atoms with van der Waals surface area (Å²) in [6, 6.07) is 9.60. The van der Waals surface area contributed by atoms with Gasteiger partial charge in [-0.15, -0.1) is 0 Å². The third-order valence-corrected chi connectivity index (χ3v) is 4.43. The number of hydrogen-bond acceptors (Lipinski definition) is 5. The molecule has 25 heavy (non-hydrogen) atoms. The van der Waals surface area contributed by atoms with Gasteiger partial charge in [-0.05, 0) is 25.3 Å². The molecule has 0 saturated heterocycles. The molecule has 0 aliphatic heterocycles. The van der Waals surface area contributed by atoms with E-state index in [1.165, 1.54) is 6.42 Å². The first-order valence-electron chi connectivity index (χ1n) is 8.99. The summed E-state index contributed by atoms with van der Waals surface area (Å²) in [4.78, 5) is 23.7. The highest BCUT2D eigenvalue weighted by Gasteiger charge is 2.34. The van der Waals surface area contributed by atoms with Crippen molar-refractivity contribution in [2.75, 3.05) is 19.7 Å². The smallest absolute Gasteiger partial charge is 0.407 e. The average molecular weight is 348 g/mol. The van der Waals surface area contributed by atoms with E-state index in [4.69, 9.17) is 9.47 Å². The Balaban J connectivity index is 1.83. The summed E-state index contributed by atoms with van der Waals surface area (Å²) in [7, 11) is 0. The van der Waals surface area contributed by atoms with Gasteiger partial charge in [0.2, 0.25) is 0 Å². The number of carbonyl (C=O) groups is 2. The van der Waals surface area contributed by atoms with Crippen LogP contribution in [-0.2, 0) is 20.9 Å². The van der Waals surface area contributed by atoms with Crippen LogP contribution in [0.15, 0.2) is 30.3 Å². The van der Waals surface area contributed by atoms with Gasteiger partial charge in [0.05, 0.1) is 18.7 Å². The minimum absolute atomic E-state index is 0.149. The van der Waals surface area contributed by atoms with E-state index in [0.717, 1.165) is 31.2 Å². The van der Waals surface area contributed by atoms with Crippen LogP contribution >= 0.6 is 0 Å². The van der Waals surface area contributed by atoms with E-state index in [1.807, 2.05) is 30.3 Å². The standard InChI is InChI=1S/C19H28N2O4/c1-2-24-17(22)13-20-15-19(11-7-4-8-12-19)21-18(23)25-14-16-9-5-3-6-10-16/h3,5-6,9-10,20H,2,4,7-8,11-15H2,1H3,(H,21,23). The van der Waals surface area contributed by atoms with Gasteiger partial charge in [-0.3, -0.25) is 4.79 Å². The lowest BCUT2D eigenvalue weighted by atomic mass is 9.81. The summed E-state index contributed by atoms with van der Waals surface area (Å²) in [6.45, 7) is 3.09. The number of rotatable bonds is 8. The number of hydrogen-bond donors (Lipinski definition) is 2. The minimum Gasteiger partial charge on any atom is -0.465 e. The molecule has 6 heteroatoms. The predicted octanol–water partition coefficient (Wildman–Crippen LogP) is 2.77. The van der Waals surface area contributed by atoms with E-state index in [-0.39, 0.29) is 24.7 Å². The monoisotopic (exact) mass is 348 g/mol. The Hall–Kier alpha value is -2.08. The van der Waals surface area contributed by atoms with Gasteiger partial charge in [0, 0.05) is 6.54 Å². The molecular formula is C19H28N2O4. The Morgan fingerprint density at radius 2 is 1.80 bits per heavy atom. The topological polar surface area (TPSA) is 76.7 Å². The van der Waals surface area contributed by atoms with Crippen molar-refractivity contribution >= 4 is 12.1 Å². The highest BCUT2D eigenvalue weighted by Crippen LogP contribution is 2.27. The number of amides is 1. The fourth-order valence-electron chi connectivity index (χ4n) is 3.17. The second-order valence-corrected chi connectivity index (χ2v) is 6.44. The molecule has 1 aromatic rings. The SMILES string of the molecule is CCOC(=O)CNCC1(NC(=O)OCc2ccccc2)CCCCC1. The Morgan fingerprint density at radius 3 is 2.48 bits per heavy atom. The zero-order chi connectivity index (χ0) is 18.0. The second-order valence-electron chi connectivity index (χ2n) is 6.44. The van der Waals surface area contributed by atoms with Crippen molar-refractivity contribution < 1.29 is 19.1 Å². The number of esters is 1. The lowest BCUT2D eigenvalue weighted by Crippen LogP contribution is -2.56. The van der Waals surface area contributed by atoms with Crippen molar-refractivity contribution in [3.05, 3.63) is 35.9 Å². The largest absolute Gasteiger partial charge is 0.465 e. The lowest BCUT2D eigenvalue weighted by Gasteiger charge is -2.37. The van der Waals surface area contributed by atoms with Crippen LogP contribution in [0, 0.1) is 0 Å². The van der Waals surface area contributed by atoms with Crippen molar-refractivity contribution in [3.8, 4) is 0 Å². The summed E-state index contributed by atoms with van der Waals surface area (Å²) >= 11 is 0. The molecule has 0 unspecified atom stereocenters. The van der Waals surface area contributed by atoms with Crippen LogP contribution < -0.4 is 10.6 Å². The molecule has 1 amide bonds. The zero-order valence-electron chi connectivity index (χ0n) is 14.9. The van der Waals surface area contributed by atoms with Crippen LogP contribution in [0.25, 0.3) is 0 Å². The van der Waals surface area contributed by atoms with Gasteiger partial charge in [0.1, 0.15) is 6.61 Å². The average Bonchev–Trinajstić information content (AvgIpc) is 2.62. The Morgan fingerprint density at radius 1 is 1.08 bits per heavy atom. The first-order valence-corrected chi connectivity index (χ1v) is 8.99. The van der Waals surface area contributed by atoms with Crippen LogP contribution in [0.2, 0.25) is 0 Å². The minimum atomic E-state index is -0.413. The fourth-order valence-corrected chi connectivity index (χ4v) is 3.17. The maximum Gasteiger partial charge on any atom is 0.407 e. The quantitative estimate of drug-likeness (QED) is 0.707. The summed E-state index contributed by atoms with van der Waals surface area (Å²) in [5.74, 6) is -0.278. The molecule has 0 spiro atoms. The van der Waals surface area contributed by atoms with Crippen LogP contribution in [0.3, 0.4) is 0 Å². The summed E-state index contributed by atoms with van der Waals surface area (Å²) in [5, 5.41) is 6.15. The molecule has 0 atom stereocenters. The zero-order valence-corrected chi connectivity index (χ0v) is 14.9. The van der Waals surface area contributed by atoms with Crippen molar-refractivity contribution in [2.24, 2.45) is 0 Å². The number of ether oxygens (including phenoxy) is 2. The third-order valence-electron chi connectivity index (χ3n) is 4.43. The maximum atomic E-state index is 12.2. The molecule has 0 aromatic heterocycles. The summed E-state index contributed by atoms with van der Waals surface area (Å²) < 4.78 is 10.3. The lowest BCUT2D eigenvalue weighted by molar-refractivity contribution is -0.142. The van der Waals surface area contributed by atoms with Crippen LogP contribution in [0.5, 0.6) is 0 Å². The summed E-state index contributed by atoms with van der Waals surface area (Å²) in [6.07, 6.45) is 4.62. The van der Waals surface area contributed by atoms with Crippen LogP contribution in [0.4, 0.5) is 4.79 Å². The van der Waals surface area contributed by atoms with Crippen molar-refractivity contribution in [3.63, 3.8) is 0 Å². The Labute approximate surface area is 149 Å². The third kappa shape index (κ3) is 6.74. The van der Waals surface area contributed by atoms with E-state index >= 15 is 0 Å². The van der Waals surface area contributed by atoms with Crippen LogP contribution in [0.1, 0.15) is 44.6 Å². The molecule has 0 heterocycles. The molecule has 0 radical (unpaired) electrons. The molecule has 1 fully saturated rings. The fraction of sp³-hybridized carbons (Fsp3) is 0.579. The molecule has 1 aliphatic rings. The van der Waals surface area contributed by atoms with Gasteiger partial charge in [-0.1, -0.05) is 49.6 Å². The molecule has 2 rings (SSSR count). The number of benzene rings is 1. The molecule has 1 saturated carbocycles. The van der Waals surface area contributed by atoms with Gasteiger partial charge in [-0.2, -0.15) is 0 Å².